The van der Waals surface area contributed by atoms with Crippen molar-refractivity contribution in [3.63, 3.8) is 0 Å². The molecule has 30 heavy (non-hydrogen) atoms. The number of ether oxygens (including phenoxy) is 2. The van der Waals surface area contributed by atoms with Gasteiger partial charge in [-0.3, -0.25) is 9.36 Å². The summed E-state index contributed by atoms with van der Waals surface area (Å²) in [6, 6.07) is 18.4. The van der Waals surface area contributed by atoms with Crippen LogP contribution in [0.15, 0.2) is 65.4 Å². The van der Waals surface area contributed by atoms with Gasteiger partial charge in [-0.15, -0.1) is 0 Å². The number of carbonyl (C=O) groups excluding carboxylic acids is 1. The molecule has 0 bridgehead atoms. The van der Waals surface area contributed by atoms with Gasteiger partial charge in [0.25, 0.3) is 0 Å². The Bertz CT molecular complexity index is 1100. The molecule has 0 unspecified atom stereocenters. The van der Waals surface area contributed by atoms with Gasteiger partial charge in [-0.1, -0.05) is 18.2 Å². The standard InChI is InChI=1S/C24H24N2O3S/c1-28-23(27)10-6-3-7-14-29-20-11-12-21-22(16-20)26(19-8-4-2-5-9-19)24(25-21)18-13-15-30-17-18/h2,4-5,8-9,11-13,15-17H,3,6-7,10,14H2,1H3. The summed E-state index contributed by atoms with van der Waals surface area (Å²) in [5.41, 5.74) is 4.13. The summed E-state index contributed by atoms with van der Waals surface area (Å²) < 4.78 is 12.8. The molecule has 4 rings (SSSR count). The minimum Gasteiger partial charge on any atom is -0.494 e. The van der Waals surface area contributed by atoms with Crippen LogP contribution in [-0.4, -0.2) is 29.2 Å². The number of imidazole rings is 1. The van der Waals surface area contributed by atoms with E-state index in [-0.39, 0.29) is 5.97 Å². The molecule has 0 amide bonds. The second-order valence-electron chi connectivity index (χ2n) is 7.00. The number of unbranched alkanes of at least 4 members (excludes halogenated alkanes) is 2. The highest BCUT2D eigenvalue weighted by molar-refractivity contribution is 7.08. The van der Waals surface area contributed by atoms with Crippen molar-refractivity contribution in [3.05, 3.63) is 65.4 Å². The summed E-state index contributed by atoms with van der Waals surface area (Å²) >= 11 is 1.67. The zero-order valence-electron chi connectivity index (χ0n) is 16.9. The first-order valence-electron chi connectivity index (χ1n) is 10.1. The molecule has 5 nitrogen and oxygen atoms in total. The quantitative estimate of drug-likeness (QED) is 0.251. The number of methoxy groups -OCH3 is 1. The van der Waals surface area contributed by atoms with Gasteiger partial charge in [0.15, 0.2) is 0 Å². The molecule has 0 aliphatic rings. The van der Waals surface area contributed by atoms with Crippen LogP contribution >= 0.6 is 11.3 Å². The Hall–Kier alpha value is -3.12. The molecule has 0 radical (unpaired) electrons. The van der Waals surface area contributed by atoms with E-state index in [0.717, 1.165) is 53.1 Å². The minimum absolute atomic E-state index is 0.156. The Morgan fingerprint density at radius 2 is 1.93 bits per heavy atom. The van der Waals surface area contributed by atoms with Crippen LogP contribution in [0.5, 0.6) is 5.75 Å². The van der Waals surface area contributed by atoms with Gasteiger partial charge >= 0.3 is 5.97 Å². The van der Waals surface area contributed by atoms with E-state index >= 15 is 0 Å². The third-order valence-corrected chi connectivity index (χ3v) is 5.62. The Morgan fingerprint density at radius 1 is 1.07 bits per heavy atom. The maximum atomic E-state index is 11.2. The molecular formula is C24H24N2O3S. The van der Waals surface area contributed by atoms with Crippen LogP contribution in [0, 0.1) is 0 Å². The smallest absolute Gasteiger partial charge is 0.305 e. The summed E-state index contributed by atoms with van der Waals surface area (Å²) in [5, 5.41) is 4.19. The van der Waals surface area contributed by atoms with Crippen LogP contribution in [0.1, 0.15) is 25.7 Å². The second-order valence-corrected chi connectivity index (χ2v) is 7.78. The fraction of sp³-hybridized carbons (Fsp3) is 0.250. The van der Waals surface area contributed by atoms with E-state index in [9.17, 15) is 4.79 Å². The molecule has 0 aliphatic heterocycles. The normalized spacial score (nSPS) is 11.0. The topological polar surface area (TPSA) is 53.4 Å². The molecule has 0 aliphatic carbocycles. The van der Waals surface area contributed by atoms with E-state index in [1.54, 1.807) is 11.3 Å². The van der Waals surface area contributed by atoms with E-state index in [0.29, 0.717) is 13.0 Å². The lowest BCUT2D eigenvalue weighted by Gasteiger charge is -2.10. The van der Waals surface area contributed by atoms with Crippen LogP contribution in [0.2, 0.25) is 0 Å². The lowest BCUT2D eigenvalue weighted by Crippen LogP contribution is -2.01. The minimum atomic E-state index is -0.156. The van der Waals surface area contributed by atoms with Crippen molar-refractivity contribution in [2.24, 2.45) is 0 Å². The number of aromatic nitrogens is 2. The van der Waals surface area contributed by atoms with Crippen LogP contribution in [-0.2, 0) is 9.53 Å². The number of nitrogens with zero attached hydrogens (tertiary/aromatic N) is 2. The van der Waals surface area contributed by atoms with Crippen molar-refractivity contribution < 1.29 is 14.3 Å². The number of carbonyl (C=O) groups is 1. The Balaban J connectivity index is 1.54. The van der Waals surface area contributed by atoms with E-state index in [2.05, 4.69) is 44.3 Å². The molecule has 2 heterocycles. The van der Waals surface area contributed by atoms with Gasteiger partial charge in [0, 0.05) is 29.1 Å². The molecule has 4 aromatic rings. The van der Waals surface area contributed by atoms with Crippen LogP contribution in [0.4, 0.5) is 0 Å². The van der Waals surface area contributed by atoms with Gasteiger partial charge < -0.3 is 9.47 Å². The number of para-hydroxylation sites is 1. The fourth-order valence-corrected chi connectivity index (χ4v) is 4.04. The maximum absolute atomic E-state index is 11.2. The van der Waals surface area contributed by atoms with Crippen molar-refractivity contribution in [2.45, 2.75) is 25.7 Å². The summed E-state index contributed by atoms with van der Waals surface area (Å²) in [4.78, 5) is 16.1. The van der Waals surface area contributed by atoms with Gasteiger partial charge in [-0.05, 0) is 55.0 Å². The highest BCUT2D eigenvalue weighted by Gasteiger charge is 2.15. The molecular weight excluding hydrogens is 396 g/mol. The third kappa shape index (κ3) is 4.54. The largest absolute Gasteiger partial charge is 0.494 e. The van der Waals surface area contributed by atoms with E-state index in [1.165, 1.54) is 7.11 Å². The van der Waals surface area contributed by atoms with E-state index in [1.807, 2.05) is 30.3 Å². The Morgan fingerprint density at radius 3 is 2.70 bits per heavy atom. The van der Waals surface area contributed by atoms with Crippen molar-refractivity contribution in [2.75, 3.05) is 13.7 Å². The van der Waals surface area contributed by atoms with Gasteiger partial charge in [0.05, 0.1) is 24.8 Å². The van der Waals surface area contributed by atoms with E-state index in [4.69, 9.17) is 9.72 Å². The van der Waals surface area contributed by atoms with Gasteiger partial charge in [0.1, 0.15) is 11.6 Å². The number of benzene rings is 2. The highest BCUT2D eigenvalue weighted by atomic mass is 32.1. The van der Waals surface area contributed by atoms with Crippen molar-refractivity contribution in [3.8, 4) is 22.8 Å². The summed E-state index contributed by atoms with van der Waals surface area (Å²) in [7, 11) is 1.42. The SMILES string of the molecule is COC(=O)CCCCCOc1ccc2nc(-c3ccsc3)n(-c3ccccc3)c2c1. The molecule has 2 aromatic carbocycles. The monoisotopic (exact) mass is 420 g/mol. The number of fused-ring (bicyclic) bond motifs is 1. The number of hydrogen-bond acceptors (Lipinski definition) is 5. The number of esters is 1. The average molecular weight is 421 g/mol. The molecule has 0 fully saturated rings. The third-order valence-electron chi connectivity index (χ3n) is 4.94. The van der Waals surface area contributed by atoms with Crippen molar-refractivity contribution in [1.29, 1.82) is 0 Å². The Kier molecular flexibility index (Phi) is 6.44. The van der Waals surface area contributed by atoms with Gasteiger partial charge in [-0.25, -0.2) is 4.98 Å². The molecule has 0 N–H and O–H groups in total. The average Bonchev–Trinajstić information content (AvgIpc) is 3.44. The van der Waals surface area contributed by atoms with E-state index < -0.39 is 0 Å². The predicted molar refractivity (Wildman–Crippen MR) is 120 cm³/mol. The first-order chi connectivity index (χ1) is 14.8. The summed E-state index contributed by atoms with van der Waals surface area (Å²) in [6.07, 6.45) is 3.11. The zero-order valence-corrected chi connectivity index (χ0v) is 17.7. The highest BCUT2D eigenvalue weighted by Crippen LogP contribution is 2.31. The molecule has 2 aromatic heterocycles. The Labute approximate surface area is 179 Å². The van der Waals surface area contributed by atoms with Crippen LogP contribution < -0.4 is 4.74 Å². The lowest BCUT2D eigenvalue weighted by atomic mass is 10.2. The fourth-order valence-electron chi connectivity index (χ4n) is 3.41. The van der Waals surface area contributed by atoms with Crippen molar-refractivity contribution in [1.82, 2.24) is 9.55 Å². The van der Waals surface area contributed by atoms with Crippen LogP contribution in [0.25, 0.3) is 28.1 Å². The zero-order chi connectivity index (χ0) is 20.8. The molecule has 0 spiro atoms. The molecule has 6 heteroatoms. The molecule has 0 saturated heterocycles. The van der Waals surface area contributed by atoms with Crippen LogP contribution in [0.3, 0.4) is 0 Å². The first kappa shape index (κ1) is 20.2. The predicted octanol–water partition coefficient (Wildman–Crippen LogP) is 5.87. The number of hydrogen-bond donors (Lipinski definition) is 0. The second kappa shape index (κ2) is 9.59. The maximum Gasteiger partial charge on any atom is 0.305 e. The number of thiophene rings is 1. The molecule has 154 valence electrons. The van der Waals surface area contributed by atoms with Crippen molar-refractivity contribution >= 4 is 28.3 Å². The number of rotatable bonds is 9. The summed E-state index contributed by atoms with van der Waals surface area (Å²) in [5.74, 6) is 1.60. The molecule has 0 saturated carbocycles. The summed E-state index contributed by atoms with van der Waals surface area (Å²) in [6.45, 7) is 0.615. The van der Waals surface area contributed by atoms with Gasteiger partial charge in [-0.2, -0.15) is 11.3 Å². The van der Waals surface area contributed by atoms with Gasteiger partial charge in [0.2, 0.25) is 0 Å². The molecule has 0 atom stereocenters. The first-order valence-corrected chi connectivity index (χ1v) is 11.0. The lowest BCUT2D eigenvalue weighted by molar-refractivity contribution is -0.140.